The summed E-state index contributed by atoms with van der Waals surface area (Å²) in [5, 5.41) is 14.0. The quantitative estimate of drug-likeness (QED) is 0.658. The van der Waals surface area contributed by atoms with Crippen molar-refractivity contribution in [3.63, 3.8) is 0 Å². The van der Waals surface area contributed by atoms with Gasteiger partial charge in [-0.1, -0.05) is 6.92 Å². The Morgan fingerprint density at radius 2 is 2.22 bits per heavy atom. The predicted octanol–water partition coefficient (Wildman–Crippen LogP) is 2.27. The average Bonchev–Trinajstić information content (AvgIpc) is 2.67. The van der Waals surface area contributed by atoms with Crippen LogP contribution in [0.15, 0.2) is 12.1 Å². The van der Waals surface area contributed by atoms with E-state index in [4.69, 9.17) is 0 Å². The van der Waals surface area contributed by atoms with Crippen molar-refractivity contribution in [2.24, 2.45) is 5.92 Å². The molecule has 1 aromatic heterocycles. The van der Waals surface area contributed by atoms with Gasteiger partial charge in [0.15, 0.2) is 0 Å². The number of aromatic nitrogens is 1. The standard InChI is InChI=1S/C12H18N4O2/c1-8-6-9(2)15(7-8)12-10(16(17)18)4-5-11(13-3)14-12/h4-5,8-9H,6-7H2,1-3H3,(H,13,14). The average molecular weight is 250 g/mol. The summed E-state index contributed by atoms with van der Waals surface area (Å²) in [6.45, 7) is 5.06. The summed E-state index contributed by atoms with van der Waals surface area (Å²) in [4.78, 5) is 17.1. The lowest BCUT2D eigenvalue weighted by Crippen LogP contribution is -2.28. The third kappa shape index (κ3) is 2.23. The number of pyridine rings is 1. The molecule has 2 unspecified atom stereocenters. The highest BCUT2D eigenvalue weighted by Crippen LogP contribution is 2.34. The van der Waals surface area contributed by atoms with Gasteiger partial charge in [0.05, 0.1) is 4.92 Å². The van der Waals surface area contributed by atoms with Crippen molar-refractivity contribution >= 4 is 17.3 Å². The topological polar surface area (TPSA) is 71.3 Å². The first-order valence-corrected chi connectivity index (χ1v) is 6.12. The lowest BCUT2D eigenvalue weighted by atomic mass is 10.1. The number of nitrogens with zero attached hydrogens (tertiary/aromatic N) is 3. The van der Waals surface area contributed by atoms with E-state index in [1.807, 2.05) is 4.90 Å². The van der Waals surface area contributed by atoms with Crippen LogP contribution >= 0.6 is 0 Å². The molecule has 2 rings (SSSR count). The Kier molecular flexibility index (Phi) is 3.36. The molecule has 0 spiro atoms. The molecule has 6 heteroatoms. The molecule has 2 heterocycles. The number of hydrogen-bond acceptors (Lipinski definition) is 5. The monoisotopic (exact) mass is 250 g/mol. The smallest absolute Gasteiger partial charge is 0.311 e. The maximum Gasteiger partial charge on any atom is 0.311 e. The molecule has 0 aliphatic carbocycles. The molecule has 1 aromatic rings. The molecule has 1 aliphatic rings. The van der Waals surface area contributed by atoms with Gasteiger partial charge in [-0.15, -0.1) is 0 Å². The van der Waals surface area contributed by atoms with Crippen molar-refractivity contribution < 1.29 is 4.92 Å². The first kappa shape index (κ1) is 12.6. The van der Waals surface area contributed by atoms with E-state index in [1.54, 1.807) is 13.1 Å². The van der Waals surface area contributed by atoms with Gasteiger partial charge in [-0.05, 0) is 25.3 Å². The van der Waals surface area contributed by atoms with E-state index < -0.39 is 0 Å². The van der Waals surface area contributed by atoms with Crippen LogP contribution in [0.4, 0.5) is 17.3 Å². The number of hydrogen-bond donors (Lipinski definition) is 1. The molecule has 0 radical (unpaired) electrons. The molecule has 18 heavy (non-hydrogen) atoms. The highest BCUT2D eigenvalue weighted by Gasteiger charge is 2.32. The number of anilines is 2. The van der Waals surface area contributed by atoms with Crippen molar-refractivity contribution in [1.82, 2.24) is 4.98 Å². The van der Waals surface area contributed by atoms with Crippen LogP contribution in [0.1, 0.15) is 20.3 Å². The van der Waals surface area contributed by atoms with Crippen molar-refractivity contribution in [2.45, 2.75) is 26.3 Å². The Labute approximate surface area is 106 Å². The molecule has 0 saturated carbocycles. The molecule has 1 aliphatic heterocycles. The predicted molar refractivity (Wildman–Crippen MR) is 71.0 cm³/mol. The molecular formula is C12H18N4O2. The highest BCUT2D eigenvalue weighted by atomic mass is 16.6. The van der Waals surface area contributed by atoms with Gasteiger partial charge < -0.3 is 10.2 Å². The second-order valence-corrected chi connectivity index (χ2v) is 4.89. The minimum absolute atomic E-state index is 0.0787. The highest BCUT2D eigenvalue weighted by molar-refractivity contribution is 5.62. The Morgan fingerprint density at radius 3 is 2.72 bits per heavy atom. The maximum atomic E-state index is 11.1. The fraction of sp³-hybridized carbons (Fsp3) is 0.583. The molecule has 98 valence electrons. The van der Waals surface area contributed by atoms with Gasteiger partial charge in [0.2, 0.25) is 5.82 Å². The van der Waals surface area contributed by atoms with Crippen LogP contribution in [0.25, 0.3) is 0 Å². The van der Waals surface area contributed by atoms with Crippen LogP contribution in [0.2, 0.25) is 0 Å². The second kappa shape index (κ2) is 4.80. The van der Waals surface area contributed by atoms with E-state index in [0.717, 1.165) is 13.0 Å². The maximum absolute atomic E-state index is 11.1. The molecule has 0 amide bonds. The third-order valence-corrected chi connectivity index (χ3v) is 3.36. The van der Waals surface area contributed by atoms with Crippen LogP contribution in [-0.2, 0) is 0 Å². The molecule has 1 fully saturated rings. The Morgan fingerprint density at radius 1 is 1.50 bits per heavy atom. The lowest BCUT2D eigenvalue weighted by Gasteiger charge is -2.22. The van der Waals surface area contributed by atoms with E-state index in [9.17, 15) is 10.1 Å². The zero-order valence-electron chi connectivity index (χ0n) is 10.9. The van der Waals surface area contributed by atoms with Crippen molar-refractivity contribution in [2.75, 3.05) is 23.8 Å². The Bertz CT molecular complexity index is 463. The van der Waals surface area contributed by atoms with Gasteiger partial charge in [0.25, 0.3) is 0 Å². The van der Waals surface area contributed by atoms with Gasteiger partial charge in [-0.2, -0.15) is 0 Å². The molecule has 0 aromatic carbocycles. The van der Waals surface area contributed by atoms with Crippen LogP contribution in [-0.4, -0.2) is 29.5 Å². The van der Waals surface area contributed by atoms with Gasteiger partial charge in [0.1, 0.15) is 5.82 Å². The Balaban J connectivity index is 2.43. The van der Waals surface area contributed by atoms with Crippen LogP contribution in [0, 0.1) is 16.0 Å². The van der Waals surface area contributed by atoms with Gasteiger partial charge in [-0.3, -0.25) is 10.1 Å². The molecule has 6 nitrogen and oxygen atoms in total. The minimum atomic E-state index is -0.364. The van der Waals surface area contributed by atoms with E-state index in [-0.39, 0.29) is 10.6 Å². The van der Waals surface area contributed by atoms with Crippen molar-refractivity contribution in [1.29, 1.82) is 0 Å². The summed E-state index contributed by atoms with van der Waals surface area (Å²) in [6, 6.07) is 3.44. The van der Waals surface area contributed by atoms with Crippen molar-refractivity contribution in [3.8, 4) is 0 Å². The molecule has 2 atom stereocenters. The summed E-state index contributed by atoms with van der Waals surface area (Å²) < 4.78 is 0. The molecule has 1 saturated heterocycles. The first-order valence-electron chi connectivity index (χ1n) is 6.12. The van der Waals surface area contributed by atoms with Gasteiger partial charge >= 0.3 is 5.69 Å². The summed E-state index contributed by atoms with van der Waals surface area (Å²) in [5.74, 6) is 1.67. The number of rotatable bonds is 3. The zero-order valence-corrected chi connectivity index (χ0v) is 10.9. The Hall–Kier alpha value is -1.85. The summed E-state index contributed by atoms with van der Waals surface area (Å²) >= 11 is 0. The van der Waals surface area contributed by atoms with Crippen molar-refractivity contribution in [3.05, 3.63) is 22.2 Å². The van der Waals surface area contributed by atoms with E-state index >= 15 is 0 Å². The number of nitro groups is 1. The minimum Gasteiger partial charge on any atom is -0.373 e. The fourth-order valence-electron chi connectivity index (χ4n) is 2.53. The normalized spacial score (nSPS) is 23.2. The van der Waals surface area contributed by atoms with E-state index in [0.29, 0.717) is 23.6 Å². The SMILES string of the molecule is CNc1ccc([N+](=O)[O-])c(N2CC(C)CC2C)n1. The summed E-state index contributed by atoms with van der Waals surface area (Å²) in [7, 11) is 1.76. The van der Waals surface area contributed by atoms with Crippen LogP contribution in [0.3, 0.4) is 0 Å². The second-order valence-electron chi connectivity index (χ2n) is 4.89. The summed E-state index contributed by atoms with van der Waals surface area (Å²) in [5.41, 5.74) is 0.0787. The molecule has 0 bridgehead atoms. The van der Waals surface area contributed by atoms with E-state index in [2.05, 4.69) is 24.1 Å². The largest absolute Gasteiger partial charge is 0.373 e. The zero-order chi connectivity index (χ0) is 13.3. The van der Waals surface area contributed by atoms with E-state index in [1.165, 1.54) is 6.07 Å². The van der Waals surface area contributed by atoms with Gasteiger partial charge in [-0.25, -0.2) is 4.98 Å². The lowest BCUT2D eigenvalue weighted by molar-refractivity contribution is -0.384. The first-order chi connectivity index (χ1) is 8.52. The summed E-state index contributed by atoms with van der Waals surface area (Å²) in [6.07, 6.45) is 1.04. The molecular weight excluding hydrogens is 232 g/mol. The third-order valence-electron chi connectivity index (χ3n) is 3.36. The van der Waals surface area contributed by atoms with Crippen LogP contribution < -0.4 is 10.2 Å². The molecule has 1 N–H and O–H groups in total. The number of nitrogens with one attached hydrogen (secondary N) is 1. The van der Waals surface area contributed by atoms with Gasteiger partial charge in [0, 0.05) is 25.7 Å². The fourth-order valence-corrected chi connectivity index (χ4v) is 2.53. The van der Waals surface area contributed by atoms with Crippen LogP contribution in [0.5, 0.6) is 0 Å².